The summed E-state index contributed by atoms with van der Waals surface area (Å²) >= 11 is 0. The number of para-hydroxylation sites is 2. The van der Waals surface area contributed by atoms with Gasteiger partial charge in [-0.25, -0.2) is 4.98 Å². The first kappa shape index (κ1) is 12.6. The van der Waals surface area contributed by atoms with Gasteiger partial charge in [-0.05, 0) is 25.0 Å². The van der Waals surface area contributed by atoms with Crippen molar-refractivity contribution in [1.82, 2.24) is 14.9 Å². The average molecular weight is 259 g/mol. The largest absolute Gasteiger partial charge is 0.395 e. The number of aromatic nitrogens is 2. The van der Waals surface area contributed by atoms with Gasteiger partial charge in [0.1, 0.15) is 5.82 Å². The molecule has 3 rings (SSSR count). The maximum absolute atomic E-state index is 9.23. The fourth-order valence-corrected chi connectivity index (χ4v) is 2.98. The molecule has 1 aromatic heterocycles. The number of rotatable bonds is 5. The lowest BCUT2D eigenvalue weighted by atomic mass is 10.2. The van der Waals surface area contributed by atoms with Crippen molar-refractivity contribution >= 4 is 11.0 Å². The minimum absolute atomic E-state index is 0.150. The van der Waals surface area contributed by atoms with Gasteiger partial charge < -0.3 is 15.0 Å². The second kappa shape index (κ2) is 5.72. The van der Waals surface area contributed by atoms with Crippen molar-refractivity contribution in [1.29, 1.82) is 0 Å². The Morgan fingerprint density at radius 2 is 2.05 bits per heavy atom. The second-order valence-electron chi connectivity index (χ2n) is 5.25. The predicted octanol–water partition coefficient (Wildman–Crippen LogP) is 2.06. The second-order valence-corrected chi connectivity index (χ2v) is 5.25. The Morgan fingerprint density at radius 3 is 2.84 bits per heavy atom. The Balaban J connectivity index is 1.82. The van der Waals surface area contributed by atoms with Gasteiger partial charge in [-0.2, -0.15) is 0 Å². The van der Waals surface area contributed by atoms with Gasteiger partial charge in [0, 0.05) is 12.6 Å². The Kier molecular flexibility index (Phi) is 3.80. The maximum Gasteiger partial charge on any atom is 0.123 e. The van der Waals surface area contributed by atoms with Crippen molar-refractivity contribution in [2.24, 2.45) is 0 Å². The topological polar surface area (TPSA) is 50.1 Å². The van der Waals surface area contributed by atoms with Crippen LogP contribution in [0.2, 0.25) is 0 Å². The number of nitrogens with one attached hydrogen (secondary N) is 1. The lowest BCUT2D eigenvalue weighted by Crippen LogP contribution is -2.27. The summed E-state index contributed by atoms with van der Waals surface area (Å²) in [5, 5.41) is 12.8. The first-order chi connectivity index (χ1) is 9.38. The minimum Gasteiger partial charge on any atom is -0.395 e. The van der Waals surface area contributed by atoms with Gasteiger partial charge in [0.2, 0.25) is 0 Å². The minimum atomic E-state index is 0.150. The number of fused-ring (bicyclic) bond motifs is 1. The van der Waals surface area contributed by atoms with Crippen LogP contribution < -0.4 is 5.32 Å². The molecule has 1 fully saturated rings. The molecule has 1 aromatic carbocycles. The van der Waals surface area contributed by atoms with Crippen LogP contribution in [0.15, 0.2) is 24.3 Å². The molecule has 0 spiro atoms. The van der Waals surface area contributed by atoms with Crippen LogP contribution in [0.4, 0.5) is 0 Å². The normalized spacial score (nSPS) is 16.5. The molecule has 0 atom stereocenters. The van der Waals surface area contributed by atoms with Gasteiger partial charge >= 0.3 is 0 Å². The molecule has 1 aliphatic carbocycles. The Labute approximate surface area is 113 Å². The third-order valence-electron chi connectivity index (χ3n) is 3.96. The number of benzene rings is 1. The third kappa shape index (κ3) is 2.65. The summed E-state index contributed by atoms with van der Waals surface area (Å²) in [6, 6.07) is 8.76. The molecule has 0 saturated heterocycles. The van der Waals surface area contributed by atoms with Gasteiger partial charge in [-0.1, -0.05) is 25.0 Å². The van der Waals surface area contributed by atoms with Crippen molar-refractivity contribution in [3.05, 3.63) is 30.1 Å². The van der Waals surface area contributed by atoms with Crippen molar-refractivity contribution in [2.45, 2.75) is 44.8 Å². The van der Waals surface area contributed by atoms with Crippen molar-refractivity contribution in [3.8, 4) is 0 Å². The van der Waals surface area contributed by atoms with E-state index in [9.17, 15) is 5.11 Å². The van der Waals surface area contributed by atoms with Crippen LogP contribution >= 0.6 is 0 Å². The van der Waals surface area contributed by atoms with Gasteiger partial charge in [0.25, 0.3) is 0 Å². The fourth-order valence-electron chi connectivity index (χ4n) is 2.98. The maximum atomic E-state index is 9.23. The molecule has 1 saturated carbocycles. The van der Waals surface area contributed by atoms with E-state index in [1.54, 1.807) is 0 Å². The van der Waals surface area contributed by atoms with Gasteiger partial charge in [-0.3, -0.25) is 0 Å². The molecule has 0 aliphatic heterocycles. The van der Waals surface area contributed by atoms with Crippen LogP contribution in [0.3, 0.4) is 0 Å². The highest BCUT2D eigenvalue weighted by Gasteiger charge is 2.16. The number of imidazole rings is 1. The highest BCUT2D eigenvalue weighted by Crippen LogP contribution is 2.19. The lowest BCUT2D eigenvalue weighted by Gasteiger charge is -2.12. The SMILES string of the molecule is OCCn1c(CNC2CCCC2)nc2ccccc21. The Bertz CT molecular complexity index is 543. The van der Waals surface area contributed by atoms with Crippen LogP contribution in [-0.2, 0) is 13.1 Å². The van der Waals surface area contributed by atoms with Gasteiger partial charge in [-0.15, -0.1) is 0 Å². The molecule has 0 radical (unpaired) electrons. The summed E-state index contributed by atoms with van der Waals surface area (Å²) in [4.78, 5) is 4.68. The number of aliphatic hydroxyl groups is 1. The fraction of sp³-hybridized carbons (Fsp3) is 0.533. The highest BCUT2D eigenvalue weighted by atomic mass is 16.3. The molecular formula is C15H21N3O. The first-order valence-corrected chi connectivity index (χ1v) is 7.17. The van der Waals surface area contributed by atoms with E-state index in [4.69, 9.17) is 0 Å². The average Bonchev–Trinajstić information content (AvgIpc) is 3.05. The lowest BCUT2D eigenvalue weighted by molar-refractivity contribution is 0.275. The summed E-state index contributed by atoms with van der Waals surface area (Å²) in [6.45, 7) is 1.55. The van der Waals surface area contributed by atoms with E-state index in [1.165, 1.54) is 25.7 Å². The number of hydrogen-bond acceptors (Lipinski definition) is 3. The highest BCUT2D eigenvalue weighted by molar-refractivity contribution is 5.75. The molecule has 1 aliphatic rings. The van der Waals surface area contributed by atoms with E-state index < -0.39 is 0 Å². The van der Waals surface area contributed by atoms with E-state index in [-0.39, 0.29) is 6.61 Å². The van der Waals surface area contributed by atoms with Crippen LogP contribution in [0.25, 0.3) is 11.0 Å². The summed E-state index contributed by atoms with van der Waals surface area (Å²) in [7, 11) is 0. The predicted molar refractivity (Wildman–Crippen MR) is 75.9 cm³/mol. The Morgan fingerprint density at radius 1 is 1.26 bits per heavy atom. The van der Waals surface area contributed by atoms with Crippen molar-refractivity contribution in [2.75, 3.05) is 6.61 Å². The molecule has 4 heteroatoms. The van der Waals surface area contributed by atoms with E-state index in [2.05, 4.69) is 20.9 Å². The van der Waals surface area contributed by atoms with Crippen molar-refractivity contribution < 1.29 is 5.11 Å². The van der Waals surface area contributed by atoms with E-state index in [1.807, 2.05) is 18.2 Å². The monoisotopic (exact) mass is 259 g/mol. The van der Waals surface area contributed by atoms with Gasteiger partial charge in [0.05, 0.1) is 24.2 Å². The summed E-state index contributed by atoms with van der Waals surface area (Å²) in [5.74, 6) is 1.03. The van der Waals surface area contributed by atoms with E-state index >= 15 is 0 Å². The number of nitrogens with zero attached hydrogens (tertiary/aromatic N) is 2. The quantitative estimate of drug-likeness (QED) is 0.864. The smallest absolute Gasteiger partial charge is 0.123 e. The standard InChI is InChI=1S/C15H21N3O/c19-10-9-18-14-8-4-3-7-13(14)17-15(18)11-16-12-5-1-2-6-12/h3-4,7-8,12,16,19H,1-2,5-6,9-11H2. The molecule has 1 heterocycles. The molecule has 2 aromatic rings. The number of hydrogen-bond donors (Lipinski definition) is 2. The molecular weight excluding hydrogens is 238 g/mol. The van der Waals surface area contributed by atoms with E-state index in [0.29, 0.717) is 12.6 Å². The summed E-state index contributed by atoms with van der Waals surface area (Å²) in [5.41, 5.74) is 2.12. The molecule has 0 unspecified atom stereocenters. The van der Waals surface area contributed by atoms with E-state index in [0.717, 1.165) is 23.4 Å². The van der Waals surface area contributed by atoms with Crippen LogP contribution in [0.1, 0.15) is 31.5 Å². The number of aliphatic hydroxyl groups excluding tert-OH is 1. The van der Waals surface area contributed by atoms with Gasteiger partial charge in [0.15, 0.2) is 0 Å². The van der Waals surface area contributed by atoms with Crippen LogP contribution in [0.5, 0.6) is 0 Å². The third-order valence-corrected chi connectivity index (χ3v) is 3.96. The Hall–Kier alpha value is -1.39. The molecule has 4 nitrogen and oxygen atoms in total. The molecule has 19 heavy (non-hydrogen) atoms. The van der Waals surface area contributed by atoms with Crippen LogP contribution in [0, 0.1) is 0 Å². The molecule has 2 N–H and O–H groups in total. The molecule has 102 valence electrons. The first-order valence-electron chi connectivity index (χ1n) is 7.17. The zero-order chi connectivity index (χ0) is 13.1. The molecule has 0 bridgehead atoms. The summed E-state index contributed by atoms with van der Waals surface area (Å²) < 4.78 is 2.12. The zero-order valence-electron chi connectivity index (χ0n) is 11.2. The zero-order valence-corrected chi connectivity index (χ0v) is 11.2. The van der Waals surface area contributed by atoms with Crippen LogP contribution in [-0.4, -0.2) is 27.3 Å². The van der Waals surface area contributed by atoms with Crippen molar-refractivity contribution in [3.63, 3.8) is 0 Å². The molecule has 0 amide bonds. The summed E-state index contributed by atoms with van der Waals surface area (Å²) in [6.07, 6.45) is 5.23.